The van der Waals surface area contributed by atoms with Crippen LogP contribution in [0, 0.1) is 0 Å². The number of H-pyrrole nitrogens is 1. The minimum atomic E-state index is -0.281. The molecule has 1 saturated heterocycles. The fraction of sp³-hybridized carbons (Fsp3) is 0.474. The number of fused-ring (bicyclic) bond motifs is 1. The van der Waals surface area contributed by atoms with Crippen molar-refractivity contribution in [3.63, 3.8) is 0 Å². The zero-order chi connectivity index (χ0) is 18.1. The summed E-state index contributed by atoms with van der Waals surface area (Å²) in [6.45, 7) is 0.630. The summed E-state index contributed by atoms with van der Waals surface area (Å²) < 4.78 is 0. The number of nitrogens with one attached hydrogen (secondary N) is 2. The van der Waals surface area contributed by atoms with E-state index in [-0.39, 0.29) is 23.1 Å². The van der Waals surface area contributed by atoms with Gasteiger partial charge in [-0.05, 0) is 50.2 Å². The van der Waals surface area contributed by atoms with Gasteiger partial charge >= 0.3 is 0 Å². The molecule has 2 aromatic heterocycles. The molecular weight excluding hydrogens is 330 g/mol. The van der Waals surface area contributed by atoms with Gasteiger partial charge in [0.2, 0.25) is 0 Å². The molecule has 1 atom stereocenters. The Morgan fingerprint density at radius 1 is 1.27 bits per heavy atom. The summed E-state index contributed by atoms with van der Waals surface area (Å²) in [5, 5.41) is 2.98. The Morgan fingerprint density at radius 2 is 2.12 bits per heavy atom. The van der Waals surface area contributed by atoms with Crippen LogP contribution in [0.1, 0.15) is 59.0 Å². The number of hydrogen-bond acceptors (Lipinski definition) is 5. The van der Waals surface area contributed by atoms with Crippen molar-refractivity contribution in [2.24, 2.45) is 0 Å². The van der Waals surface area contributed by atoms with Gasteiger partial charge in [-0.2, -0.15) is 0 Å². The van der Waals surface area contributed by atoms with Crippen molar-refractivity contribution in [3.05, 3.63) is 51.3 Å². The lowest BCUT2D eigenvalue weighted by Gasteiger charge is -2.25. The number of amides is 1. The van der Waals surface area contributed by atoms with E-state index in [1.54, 1.807) is 30.4 Å². The number of hydrogen-bond donors (Lipinski definition) is 2. The molecule has 0 radical (unpaired) electrons. The first-order chi connectivity index (χ1) is 12.7. The number of carbonyl (C=O) groups is 1. The van der Waals surface area contributed by atoms with Crippen LogP contribution in [0.3, 0.4) is 0 Å². The van der Waals surface area contributed by atoms with E-state index < -0.39 is 0 Å². The minimum Gasteiger partial charge on any atom is -0.372 e. The monoisotopic (exact) mass is 353 g/mol. The quantitative estimate of drug-likeness (QED) is 0.881. The van der Waals surface area contributed by atoms with Crippen molar-refractivity contribution < 1.29 is 4.79 Å². The lowest BCUT2D eigenvalue weighted by Crippen LogP contribution is -2.35. The van der Waals surface area contributed by atoms with Crippen LogP contribution in [-0.4, -0.2) is 39.4 Å². The highest BCUT2D eigenvalue weighted by atomic mass is 16.2. The molecule has 4 rings (SSSR count). The Labute approximate surface area is 151 Å². The number of anilines is 1. The summed E-state index contributed by atoms with van der Waals surface area (Å²) in [5.41, 5.74) is 2.82. The lowest BCUT2D eigenvalue weighted by molar-refractivity contribution is 0.0730. The number of carbonyl (C=O) groups excluding carboxylic acids is 1. The fourth-order valence-electron chi connectivity index (χ4n) is 3.97. The number of pyridine rings is 1. The number of aromatic amines is 1. The molecular formula is C19H23N5O2. The van der Waals surface area contributed by atoms with Gasteiger partial charge in [-0.3, -0.25) is 14.6 Å². The average molecular weight is 353 g/mol. The molecule has 1 fully saturated rings. The van der Waals surface area contributed by atoms with E-state index in [9.17, 15) is 9.59 Å². The van der Waals surface area contributed by atoms with Crippen LogP contribution in [0.5, 0.6) is 0 Å². The normalized spacial score (nSPS) is 19.3. The van der Waals surface area contributed by atoms with Crippen molar-refractivity contribution in [1.82, 2.24) is 19.9 Å². The molecule has 1 aliphatic heterocycles. The van der Waals surface area contributed by atoms with Gasteiger partial charge in [0.15, 0.2) is 0 Å². The molecule has 2 aliphatic rings. The van der Waals surface area contributed by atoms with E-state index in [1.165, 1.54) is 0 Å². The van der Waals surface area contributed by atoms with Crippen molar-refractivity contribution in [3.8, 4) is 0 Å². The Morgan fingerprint density at radius 3 is 2.96 bits per heavy atom. The molecule has 0 spiro atoms. The number of aromatic nitrogens is 3. The Hall–Kier alpha value is -2.70. The predicted octanol–water partition coefficient (Wildman–Crippen LogP) is 2.06. The maximum atomic E-state index is 13.1. The first-order valence-electron chi connectivity index (χ1n) is 9.23. The van der Waals surface area contributed by atoms with Crippen molar-refractivity contribution in [2.45, 2.75) is 44.6 Å². The summed E-state index contributed by atoms with van der Waals surface area (Å²) in [6.07, 6.45) is 9.08. The average Bonchev–Trinajstić information content (AvgIpc) is 3.17. The molecule has 0 aromatic carbocycles. The third-order valence-corrected chi connectivity index (χ3v) is 5.33. The summed E-state index contributed by atoms with van der Waals surface area (Å²) in [6, 6.07) is 1.67. The summed E-state index contributed by atoms with van der Waals surface area (Å²) in [5.74, 6) is 0.465. The zero-order valence-corrected chi connectivity index (χ0v) is 14.9. The minimum absolute atomic E-state index is 0.140. The number of rotatable bonds is 3. The third-order valence-electron chi connectivity index (χ3n) is 5.33. The van der Waals surface area contributed by atoms with Crippen molar-refractivity contribution in [2.75, 3.05) is 18.9 Å². The molecule has 1 amide bonds. The van der Waals surface area contributed by atoms with Gasteiger partial charge in [0.25, 0.3) is 11.5 Å². The molecule has 0 bridgehead atoms. The molecule has 3 heterocycles. The van der Waals surface area contributed by atoms with E-state index in [0.717, 1.165) is 55.5 Å². The van der Waals surface area contributed by atoms with Crippen molar-refractivity contribution in [1.29, 1.82) is 0 Å². The standard InChI is InChI=1S/C19H23N5O2/c1-20-17-11-21-10-15(22-17)16-7-4-8-24(16)19(26)13-9-12-5-2-3-6-14(12)23-18(13)25/h9-11,16H,2-8H2,1H3,(H,20,22)(H,23,25)/t16-/m1/s1. The van der Waals surface area contributed by atoms with Gasteiger partial charge in [-0.25, -0.2) is 4.98 Å². The second kappa shape index (κ2) is 6.90. The van der Waals surface area contributed by atoms with Gasteiger partial charge in [0.05, 0.1) is 24.1 Å². The molecule has 136 valence electrons. The fourth-order valence-corrected chi connectivity index (χ4v) is 3.97. The Kier molecular flexibility index (Phi) is 4.44. The molecule has 2 aromatic rings. The number of aryl methyl sites for hydroxylation is 2. The van der Waals surface area contributed by atoms with Crippen molar-refractivity contribution >= 4 is 11.7 Å². The Balaban J connectivity index is 1.66. The molecule has 7 heteroatoms. The van der Waals surface area contributed by atoms with Gasteiger partial charge in [0, 0.05) is 19.3 Å². The molecule has 7 nitrogen and oxygen atoms in total. The van der Waals surface area contributed by atoms with Gasteiger partial charge in [0.1, 0.15) is 11.4 Å². The smallest absolute Gasteiger partial charge is 0.261 e. The highest BCUT2D eigenvalue weighted by Gasteiger charge is 2.33. The van der Waals surface area contributed by atoms with Crippen LogP contribution < -0.4 is 10.9 Å². The summed E-state index contributed by atoms with van der Waals surface area (Å²) in [4.78, 5) is 39.1. The van der Waals surface area contributed by atoms with Gasteiger partial charge in [-0.1, -0.05) is 0 Å². The van der Waals surface area contributed by atoms with E-state index in [2.05, 4.69) is 20.3 Å². The highest BCUT2D eigenvalue weighted by molar-refractivity contribution is 5.94. The second-order valence-corrected chi connectivity index (χ2v) is 6.96. The van der Waals surface area contributed by atoms with Crippen LogP contribution >= 0.6 is 0 Å². The number of likely N-dealkylation sites (tertiary alicyclic amines) is 1. The molecule has 1 aliphatic carbocycles. The van der Waals surface area contributed by atoms with Crippen LogP contribution in [0.4, 0.5) is 5.82 Å². The van der Waals surface area contributed by atoms with E-state index in [4.69, 9.17) is 0 Å². The first kappa shape index (κ1) is 16.8. The third kappa shape index (κ3) is 2.98. The zero-order valence-electron chi connectivity index (χ0n) is 14.9. The summed E-state index contributed by atoms with van der Waals surface area (Å²) >= 11 is 0. The maximum absolute atomic E-state index is 13.1. The Bertz CT molecular complexity index is 892. The van der Waals surface area contributed by atoms with E-state index in [1.807, 2.05) is 0 Å². The van der Waals surface area contributed by atoms with E-state index >= 15 is 0 Å². The molecule has 0 saturated carbocycles. The lowest BCUT2D eigenvalue weighted by atomic mass is 9.95. The second-order valence-electron chi connectivity index (χ2n) is 6.96. The summed E-state index contributed by atoms with van der Waals surface area (Å²) in [7, 11) is 1.79. The molecule has 0 unspecified atom stereocenters. The van der Waals surface area contributed by atoms with E-state index in [0.29, 0.717) is 12.4 Å². The highest BCUT2D eigenvalue weighted by Crippen LogP contribution is 2.32. The number of nitrogens with zero attached hydrogens (tertiary/aromatic N) is 3. The van der Waals surface area contributed by atoms with Gasteiger partial charge in [-0.15, -0.1) is 0 Å². The topological polar surface area (TPSA) is 91.0 Å². The maximum Gasteiger partial charge on any atom is 0.261 e. The predicted molar refractivity (Wildman–Crippen MR) is 98.3 cm³/mol. The van der Waals surface area contributed by atoms with Crippen LogP contribution in [0.25, 0.3) is 0 Å². The largest absolute Gasteiger partial charge is 0.372 e. The van der Waals surface area contributed by atoms with Crippen LogP contribution in [0.2, 0.25) is 0 Å². The van der Waals surface area contributed by atoms with Crippen LogP contribution in [-0.2, 0) is 12.8 Å². The first-order valence-corrected chi connectivity index (χ1v) is 9.23. The SMILES string of the molecule is CNc1cncc([C@H]2CCCN2C(=O)c2cc3c([nH]c2=O)CCCC3)n1. The van der Waals surface area contributed by atoms with Gasteiger partial charge < -0.3 is 15.2 Å². The van der Waals surface area contributed by atoms with Crippen LogP contribution in [0.15, 0.2) is 23.3 Å². The molecule has 2 N–H and O–H groups in total. The molecule has 26 heavy (non-hydrogen) atoms.